The van der Waals surface area contributed by atoms with Crippen LogP contribution in [0.1, 0.15) is 47.0 Å². The van der Waals surface area contributed by atoms with Crippen molar-refractivity contribution in [1.82, 2.24) is 4.90 Å². The van der Waals surface area contributed by atoms with Gasteiger partial charge < -0.3 is 19.1 Å². The van der Waals surface area contributed by atoms with Crippen LogP contribution in [0.4, 0.5) is 4.79 Å². The van der Waals surface area contributed by atoms with Gasteiger partial charge in [-0.2, -0.15) is 0 Å². The molecular weight excluding hydrogens is 334 g/mol. The maximum Gasteiger partial charge on any atom is 0.410 e. The average Bonchev–Trinajstić information content (AvgIpc) is 2.95. The Labute approximate surface area is 155 Å². The van der Waals surface area contributed by atoms with E-state index in [1.165, 1.54) is 0 Å². The van der Waals surface area contributed by atoms with Crippen LogP contribution in [0.15, 0.2) is 30.3 Å². The molecule has 0 bridgehead atoms. The normalized spacial score (nSPS) is 19.9. The van der Waals surface area contributed by atoms with Crippen LogP contribution in [0.3, 0.4) is 0 Å². The molecule has 0 radical (unpaired) electrons. The molecule has 1 aliphatic heterocycles. The van der Waals surface area contributed by atoms with Gasteiger partial charge in [-0.3, -0.25) is 4.79 Å². The summed E-state index contributed by atoms with van der Waals surface area (Å²) in [5, 5.41) is 0. The number of para-hydroxylation sites is 1. The molecule has 1 saturated heterocycles. The number of ether oxygens (including phenoxy) is 3. The van der Waals surface area contributed by atoms with Crippen LogP contribution in [0.5, 0.6) is 5.75 Å². The zero-order valence-electron chi connectivity index (χ0n) is 16.1. The second-order valence-electron chi connectivity index (χ2n) is 7.42. The van der Waals surface area contributed by atoms with E-state index in [1.807, 2.05) is 51.1 Å². The quantitative estimate of drug-likeness (QED) is 0.720. The Morgan fingerprint density at radius 3 is 2.50 bits per heavy atom. The third kappa shape index (κ3) is 6.24. The van der Waals surface area contributed by atoms with Crippen molar-refractivity contribution in [3.05, 3.63) is 30.3 Å². The van der Waals surface area contributed by atoms with Gasteiger partial charge in [0.1, 0.15) is 17.5 Å². The van der Waals surface area contributed by atoms with Crippen LogP contribution in [0, 0.1) is 0 Å². The van der Waals surface area contributed by atoms with E-state index in [9.17, 15) is 9.59 Å². The summed E-state index contributed by atoms with van der Waals surface area (Å²) in [4.78, 5) is 25.9. The van der Waals surface area contributed by atoms with Crippen molar-refractivity contribution in [3.63, 3.8) is 0 Å². The molecule has 26 heavy (non-hydrogen) atoms. The van der Waals surface area contributed by atoms with Gasteiger partial charge in [0, 0.05) is 18.9 Å². The number of carbonyl (C=O) groups is 2. The Kier molecular flexibility index (Phi) is 6.89. The highest BCUT2D eigenvalue weighted by Crippen LogP contribution is 2.27. The predicted octanol–water partition coefficient (Wildman–Crippen LogP) is 3.79. The van der Waals surface area contributed by atoms with Gasteiger partial charge in [-0.1, -0.05) is 18.2 Å². The first-order chi connectivity index (χ1) is 12.3. The molecule has 1 aromatic carbocycles. The fraction of sp³-hybridized carbons (Fsp3) is 0.600. The Bertz CT molecular complexity index is 596. The monoisotopic (exact) mass is 363 g/mol. The molecule has 0 aromatic heterocycles. The van der Waals surface area contributed by atoms with Crippen LogP contribution in [-0.2, 0) is 14.3 Å². The van der Waals surface area contributed by atoms with Gasteiger partial charge in [-0.15, -0.1) is 0 Å². The first-order valence-electron chi connectivity index (χ1n) is 9.15. The minimum Gasteiger partial charge on any atom is -0.489 e. The molecule has 1 fully saturated rings. The standard InChI is InChI=1S/C20H29NO5/c1-5-24-18(22)12-11-15-13-17(25-16-9-7-6-8-10-16)14-21(15)19(23)26-20(2,3)4/h6-10,15,17H,5,11-14H2,1-4H3/t15-,17+/m1/s1. The summed E-state index contributed by atoms with van der Waals surface area (Å²) >= 11 is 0. The van der Waals surface area contributed by atoms with E-state index in [1.54, 1.807) is 11.8 Å². The van der Waals surface area contributed by atoms with E-state index >= 15 is 0 Å². The average molecular weight is 363 g/mol. The van der Waals surface area contributed by atoms with Gasteiger partial charge >= 0.3 is 12.1 Å². The van der Waals surface area contributed by atoms with Crippen LogP contribution >= 0.6 is 0 Å². The molecular formula is C20H29NO5. The largest absolute Gasteiger partial charge is 0.489 e. The van der Waals surface area contributed by atoms with E-state index in [4.69, 9.17) is 14.2 Å². The zero-order chi connectivity index (χ0) is 19.2. The summed E-state index contributed by atoms with van der Waals surface area (Å²) in [5.41, 5.74) is -0.568. The molecule has 6 heteroatoms. The fourth-order valence-corrected chi connectivity index (χ4v) is 2.99. The van der Waals surface area contributed by atoms with Crippen LogP contribution in [0.2, 0.25) is 0 Å². The Morgan fingerprint density at radius 2 is 1.88 bits per heavy atom. The first kappa shape index (κ1) is 20.1. The summed E-state index contributed by atoms with van der Waals surface area (Å²) in [6, 6.07) is 9.43. The number of rotatable bonds is 6. The molecule has 0 aliphatic carbocycles. The molecule has 1 aliphatic rings. The van der Waals surface area contributed by atoms with Gasteiger partial charge in [-0.05, 0) is 46.2 Å². The molecule has 0 spiro atoms. The summed E-state index contributed by atoms with van der Waals surface area (Å²) in [7, 11) is 0. The van der Waals surface area contributed by atoms with E-state index in [0.717, 1.165) is 5.75 Å². The van der Waals surface area contributed by atoms with Crippen LogP contribution in [0.25, 0.3) is 0 Å². The summed E-state index contributed by atoms with van der Waals surface area (Å²) in [5.74, 6) is 0.525. The summed E-state index contributed by atoms with van der Waals surface area (Å²) in [6.07, 6.45) is 0.971. The summed E-state index contributed by atoms with van der Waals surface area (Å²) in [6.45, 7) is 8.10. The highest BCUT2D eigenvalue weighted by Gasteiger charge is 2.38. The number of esters is 1. The molecule has 0 saturated carbocycles. The molecule has 1 amide bonds. The van der Waals surface area contributed by atoms with Crippen LogP contribution < -0.4 is 4.74 Å². The van der Waals surface area contributed by atoms with E-state index in [-0.39, 0.29) is 30.6 Å². The van der Waals surface area contributed by atoms with Gasteiger partial charge in [0.15, 0.2) is 0 Å². The van der Waals surface area contributed by atoms with Gasteiger partial charge in [0.2, 0.25) is 0 Å². The first-order valence-corrected chi connectivity index (χ1v) is 9.15. The highest BCUT2D eigenvalue weighted by molar-refractivity contribution is 5.71. The van der Waals surface area contributed by atoms with E-state index in [2.05, 4.69) is 0 Å². The van der Waals surface area contributed by atoms with Crippen molar-refractivity contribution < 1.29 is 23.8 Å². The SMILES string of the molecule is CCOC(=O)CC[C@@H]1C[C@H](Oc2ccccc2)CN1C(=O)OC(C)(C)C. The number of amides is 1. The number of nitrogens with zero attached hydrogens (tertiary/aromatic N) is 1. The second kappa shape index (κ2) is 8.92. The maximum absolute atomic E-state index is 12.6. The minimum atomic E-state index is -0.568. The Hall–Kier alpha value is -2.24. The molecule has 2 atom stereocenters. The molecule has 1 heterocycles. The highest BCUT2D eigenvalue weighted by atomic mass is 16.6. The van der Waals surface area contributed by atoms with Crippen molar-refractivity contribution in [1.29, 1.82) is 0 Å². The molecule has 1 aromatic rings. The van der Waals surface area contributed by atoms with Crippen molar-refractivity contribution in [2.24, 2.45) is 0 Å². The van der Waals surface area contributed by atoms with E-state index in [0.29, 0.717) is 26.0 Å². The third-order valence-electron chi connectivity index (χ3n) is 4.04. The molecule has 2 rings (SSSR count). The molecule has 0 unspecified atom stereocenters. The number of hydrogen-bond donors (Lipinski definition) is 0. The lowest BCUT2D eigenvalue weighted by Gasteiger charge is -2.28. The molecule has 0 N–H and O–H groups in total. The lowest BCUT2D eigenvalue weighted by Crippen LogP contribution is -2.40. The van der Waals surface area contributed by atoms with Crippen molar-refractivity contribution >= 4 is 12.1 Å². The summed E-state index contributed by atoms with van der Waals surface area (Å²) < 4.78 is 16.5. The van der Waals surface area contributed by atoms with Crippen molar-refractivity contribution in [3.8, 4) is 5.75 Å². The van der Waals surface area contributed by atoms with E-state index < -0.39 is 5.60 Å². The van der Waals surface area contributed by atoms with Gasteiger partial charge in [0.05, 0.1) is 13.2 Å². The number of likely N-dealkylation sites (tertiary alicyclic amines) is 1. The lowest BCUT2D eigenvalue weighted by molar-refractivity contribution is -0.143. The Balaban J connectivity index is 2.02. The Morgan fingerprint density at radius 1 is 1.19 bits per heavy atom. The van der Waals surface area contributed by atoms with Crippen LogP contribution in [-0.4, -0.2) is 47.9 Å². The van der Waals surface area contributed by atoms with Crippen molar-refractivity contribution in [2.45, 2.75) is 64.7 Å². The molecule has 144 valence electrons. The number of hydrogen-bond acceptors (Lipinski definition) is 5. The van der Waals surface area contributed by atoms with Gasteiger partial charge in [0.25, 0.3) is 0 Å². The topological polar surface area (TPSA) is 65.1 Å². The number of carbonyl (C=O) groups excluding carboxylic acids is 2. The third-order valence-corrected chi connectivity index (χ3v) is 4.04. The van der Waals surface area contributed by atoms with Crippen molar-refractivity contribution in [2.75, 3.05) is 13.2 Å². The smallest absolute Gasteiger partial charge is 0.410 e. The second-order valence-corrected chi connectivity index (χ2v) is 7.42. The lowest BCUT2D eigenvalue weighted by atomic mass is 10.1. The maximum atomic E-state index is 12.6. The minimum absolute atomic E-state index is 0.108. The molecule has 6 nitrogen and oxygen atoms in total. The number of benzene rings is 1. The fourth-order valence-electron chi connectivity index (χ4n) is 2.99. The van der Waals surface area contributed by atoms with Gasteiger partial charge in [-0.25, -0.2) is 4.79 Å². The predicted molar refractivity (Wildman–Crippen MR) is 98.1 cm³/mol. The zero-order valence-corrected chi connectivity index (χ0v) is 16.1.